The minimum Gasteiger partial charge on any atom is -0.483 e. The Balaban J connectivity index is 1.51. The third-order valence-corrected chi connectivity index (χ3v) is 5.39. The SMILES string of the molecule is CC1(C)CC(NCc2ccccc2OCC(=O)NCC2CC2)CC(C)(C)N1. The molecule has 5 heteroatoms. The van der Waals surface area contributed by atoms with E-state index in [1.54, 1.807) is 0 Å². The van der Waals surface area contributed by atoms with Gasteiger partial charge < -0.3 is 20.7 Å². The number of carbonyl (C=O) groups excluding carboxylic acids is 1. The number of carbonyl (C=O) groups is 1. The maximum absolute atomic E-state index is 11.9. The van der Waals surface area contributed by atoms with Crippen molar-refractivity contribution in [2.45, 2.75) is 77.0 Å². The van der Waals surface area contributed by atoms with Gasteiger partial charge in [0.25, 0.3) is 5.91 Å². The van der Waals surface area contributed by atoms with E-state index in [1.165, 1.54) is 12.8 Å². The lowest BCUT2D eigenvalue weighted by molar-refractivity contribution is -0.123. The van der Waals surface area contributed by atoms with Crippen molar-refractivity contribution in [1.82, 2.24) is 16.0 Å². The van der Waals surface area contributed by atoms with Gasteiger partial charge in [0.05, 0.1) is 0 Å². The molecule has 1 heterocycles. The van der Waals surface area contributed by atoms with Gasteiger partial charge in [0.1, 0.15) is 5.75 Å². The Morgan fingerprint density at radius 2 is 1.81 bits per heavy atom. The maximum Gasteiger partial charge on any atom is 0.257 e. The number of benzene rings is 1. The minimum atomic E-state index is -0.0356. The number of hydrogen-bond acceptors (Lipinski definition) is 4. The van der Waals surface area contributed by atoms with Gasteiger partial charge in [-0.2, -0.15) is 0 Å². The molecule has 27 heavy (non-hydrogen) atoms. The zero-order valence-corrected chi connectivity index (χ0v) is 17.2. The predicted octanol–water partition coefficient (Wildman–Crippen LogP) is 2.99. The Morgan fingerprint density at radius 3 is 2.48 bits per heavy atom. The molecule has 0 atom stereocenters. The first-order valence-electron chi connectivity index (χ1n) is 10.2. The van der Waals surface area contributed by atoms with Gasteiger partial charge in [-0.3, -0.25) is 4.79 Å². The van der Waals surface area contributed by atoms with E-state index in [0.29, 0.717) is 12.0 Å². The van der Waals surface area contributed by atoms with E-state index in [9.17, 15) is 4.79 Å². The van der Waals surface area contributed by atoms with Gasteiger partial charge in [0, 0.05) is 35.8 Å². The highest BCUT2D eigenvalue weighted by Gasteiger charge is 2.37. The third-order valence-electron chi connectivity index (χ3n) is 5.39. The van der Waals surface area contributed by atoms with Gasteiger partial charge in [-0.1, -0.05) is 18.2 Å². The molecule has 150 valence electrons. The molecule has 1 amide bonds. The van der Waals surface area contributed by atoms with Crippen molar-refractivity contribution in [3.8, 4) is 5.75 Å². The summed E-state index contributed by atoms with van der Waals surface area (Å²) in [6.45, 7) is 10.7. The largest absolute Gasteiger partial charge is 0.483 e. The van der Waals surface area contributed by atoms with Gasteiger partial charge in [-0.15, -0.1) is 0 Å². The van der Waals surface area contributed by atoms with Crippen LogP contribution in [0, 0.1) is 5.92 Å². The van der Waals surface area contributed by atoms with Gasteiger partial charge in [-0.25, -0.2) is 0 Å². The molecular weight excluding hydrogens is 338 g/mol. The van der Waals surface area contributed by atoms with Crippen LogP contribution in [0.4, 0.5) is 0 Å². The Bertz CT molecular complexity index is 637. The molecule has 2 fully saturated rings. The van der Waals surface area contributed by atoms with Crippen molar-refractivity contribution < 1.29 is 9.53 Å². The van der Waals surface area contributed by atoms with Crippen molar-refractivity contribution in [3.05, 3.63) is 29.8 Å². The van der Waals surface area contributed by atoms with Crippen LogP contribution < -0.4 is 20.7 Å². The molecule has 1 aliphatic heterocycles. The van der Waals surface area contributed by atoms with Crippen LogP contribution in [0.5, 0.6) is 5.75 Å². The summed E-state index contributed by atoms with van der Waals surface area (Å²) in [5, 5.41) is 10.4. The summed E-state index contributed by atoms with van der Waals surface area (Å²) in [6.07, 6.45) is 4.64. The number of hydrogen-bond donors (Lipinski definition) is 3. The van der Waals surface area contributed by atoms with E-state index in [2.05, 4.69) is 49.7 Å². The summed E-state index contributed by atoms with van der Waals surface area (Å²) >= 11 is 0. The Labute approximate surface area is 163 Å². The molecule has 0 unspecified atom stereocenters. The van der Waals surface area contributed by atoms with Crippen LogP contribution in [-0.4, -0.2) is 36.2 Å². The molecule has 0 bridgehead atoms. The van der Waals surface area contributed by atoms with Crippen LogP contribution >= 0.6 is 0 Å². The average molecular weight is 374 g/mol. The van der Waals surface area contributed by atoms with Crippen molar-refractivity contribution >= 4 is 5.91 Å². The normalized spacial score (nSPS) is 21.6. The van der Waals surface area contributed by atoms with E-state index in [0.717, 1.165) is 37.2 Å². The molecule has 5 nitrogen and oxygen atoms in total. The first-order chi connectivity index (χ1) is 12.7. The van der Waals surface area contributed by atoms with Crippen molar-refractivity contribution in [2.24, 2.45) is 5.92 Å². The molecule has 1 saturated carbocycles. The van der Waals surface area contributed by atoms with Crippen LogP contribution in [0.2, 0.25) is 0 Å². The number of rotatable bonds is 8. The fourth-order valence-corrected chi connectivity index (χ4v) is 4.29. The molecule has 1 aliphatic carbocycles. The lowest BCUT2D eigenvalue weighted by atomic mass is 9.79. The Morgan fingerprint density at radius 1 is 1.15 bits per heavy atom. The summed E-state index contributed by atoms with van der Waals surface area (Å²) < 4.78 is 5.81. The number of nitrogens with one attached hydrogen (secondary N) is 3. The van der Waals surface area contributed by atoms with Crippen LogP contribution in [0.15, 0.2) is 24.3 Å². The highest BCUT2D eigenvalue weighted by atomic mass is 16.5. The molecular formula is C22H35N3O2. The summed E-state index contributed by atoms with van der Waals surface area (Å²) in [4.78, 5) is 11.9. The third kappa shape index (κ3) is 6.51. The summed E-state index contributed by atoms with van der Waals surface area (Å²) in [5.74, 6) is 1.44. The van der Waals surface area contributed by atoms with Crippen molar-refractivity contribution in [2.75, 3.05) is 13.2 Å². The quantitative estimate of drug-likeness (QED) is 0.656. The molecule has 3 N–H and O–H groups in total. The minimum absolute atomic E-state index is 0.0356. The summed E-state index contributed by atoms with van der Waals surface area (Å²) in [5.41, 5.74) is 1.34. The summed E-state index contributed by atoms with van der Waals surface area (Å²) in [7, 11) is 0. The number of piperidine rings is 1. The van der Waals surface area contributed by atoms with Gasteiger partial charge >= 0.3 is 0 Å². The second kappa shape index (κ2) is 8.19. The summed E-state index contributed by atoms with van der Waals surface area (Å²) in [6, 6.07) is 8.44. The fraction of sp³-hybridized carbons (Fsp3) is 0.682. The molecule has 0 spiro atoms. The highest BCUT2D eigenvalue weighted by Crippen LogP contribution is 2.29. The first-order valence-corrected chi connectivity index (χ1v) is 10.2. The van der Waals surface area contributed by atoms with Crippen LogP contribution in [-0.2, 0) is 11.3 Å². The number of ether oxygens (including phenoxy) is 1. The van der Waals surface area contributed by atoms with E-state index >= 15 is 0 Å². The molecule has 3 rings (SSSR count). The topological polar surface area (TPSA) is 62.4 Å². The molecule has 2 aliphatic rings. The number of para-hydroxylation sites is 1. The predicted molar refractivity (Wildman–Crippen MR) is 109 cm³/mol. The smallest absolute Gasteiger partial charge is 0.257 e. The zero-order valence-electron chi connectivity index (χ0n) is 17.2. The monoisotopic (exact) mass is 373 g/mol. The standard InChI is InChI=1S/C22H35N3O2/c1-21(2)11-18(12-22(3,4)25-21)23-14-17-7-5-6-8-19(17)27-15-20(26)24-13-16-9-10-16/h5-8,16,18,23,25H,9-15H2,1-4H3,(H,24,26). The molecule has 1 aromatic rings. The Kier molecular flexibility index (Phi) is 6.11. The zero-order chi connectivity index (χ0) is 19.5. The van der Waals surface area contributed by atoms with E-state index in [1.807, 2.05) is 18.2 Å². The number of amides is 1. The van der Waals surface area contributed by atoms with Crippen molar-refractivity contribution in [3.63, 3.8) is 0 Å². The second-order valence-corrected chi connectivity index (χ2v) is 9.52. The maximum atomic E-state index is 11.9. The van der Waals surface area contributed by atoms with Crippen molar-refractivity contribution in [1.29, 1.82) is 0 Å². The molecule has 0 radical (unpaired) electrons. The molecule has 0 aromatic heterocycles. The molecule has 1 saturated heterocycles. The lowest BCUT2D eigenvalue weighted by Crippen LogP contribution is -2.61. The van der Waals surface area contributed by atoms with Gasteiger partial charge in [0.2, 0.25) is 0 Å². The van der Waals surface area contributed by atoms with E-state index in [4.69, 9.17) is 4.74 Å². The average Bonchev–Trinajstić information content (AvgIpc) is 3.38. The Hall–Kier alpha value is -1.59. The van der Waals surface area contributed by atoms with E-state index in [-0.39, 0.29) is 23.6 Å². The second-order valence-electron chi connectivity index (χ2n) is 9.52. The first kappa shape index (κ1) is 20.2. The fourth-order valence-electron chi connectivity index (χ4n) is 4.29. The molecule has 1 aromatic carbocycles. The van der Waals surface area contributed by atoms with E-state index < -0.39 is 0 Å². The lowest BCUT2D eigenvalue weighted by Gasteiger charge is -2.46. The van der Waals surface area contributed by atoms with Crippen LogP contribution in [0.25, 0.3) is 0 Å². The van der Waals surface area contributed by atoms with Gasteiger partial charge in [0.15, 0.2) is 6.61 Å². The van der Waals surface area contributed by atoms with Crippen LogP contribution in [0.1, 0.15) is 58.9 Å². The van der Waals surface area contributed by atoms with Gasteiger partial charge in [-0.05, 0) is 65.4 Å². The highest BCUT2D eigenvalue weighted by molar-refractivity contribution is 5.77. The van der Waals surface area contributed by atoms with Crippen LogP contribution in [0.3, 0.4) is 0 Å².